The number of ether oxygens (including phenoxy) is 1. The van der Waals surface area contributed by atoms with Crippen LogP contribution in [0.5, 0.6) is 0 Å². The second-order valence-corrected chi connectivity index (χ2v) is 6.50. The quantitative estimate of drug-likeness (QED) is 0.875. The van der Waals surface area contributed by atoms with Gasteiger partial charge in [0.2, 0.25) is 0 Å². The number of benzene rings is 1. The number of carbonyl (C=O) groups excluding carboxylic acids is 1. The first-order chi connectivity index (χ1) is 12.1. The second kappa shape index (κ2) is 8.18. The van der Waals surface area contributed by atoms with Crippen molar-refractivity contribution in [3.05, 3.63) is 54.0 Å². The Morgan fingerprint density at radius 2 is 1.92 bits per heavy atom. The summed E-state index contributed by atoms with van der Waals surface area (Å²) in [5.41, 5.74) is 1.92. The highest BCUT2D eigenvalue weighted by molar-refractivity contribution is 5.90. The average Bonchev–Trinajstić information content (AvgIpc) is 3.07. The van der Waals surface area contributed by atoms with Gasteiger partial charge in [-0.1, -0.05) is 18.2 Å². The smallest absolute Gasteiger partial charge is 0.319 e. The fourth-order valence-corrected chi connectivity index (χ4v) is 3.18. The molecule has 0 radical (unpaired) electrons. The Morgan fingerprint density at radius 3 is 2.64 bits per heavy atom. The third kappa shape index (κ3) is 5.08. The van der Waals surface area contributed by atoms with Crippen molar-refractivity contribution in [3.63, 3.8) is 0 Å². The number of urea groups is 1. The van der Waals surface area contributed by atoms with Gasteiger partial charge in [0.05, 0.1) is 25.0 Å². The normalized spacial score (nSPS) is 21.0. The lowest BCUT2D eigenvalue weighted by atomic mass is 10.1. The molecule has 1 saturated heterocycles. The van der Waals surface area contributed by atoms with Crippen LogP contribution in [0.15, 0.2) is 47.1 Å². The fourth-order valence-electron chi connectivity index (χ4n) is 3.18. The number of hydrogen-bond acceptors (Lipinski definition) is 4. The minimum absolute atomic E-state index is 0.223. The Kier molecular flexibility index (Phi) is 5.73. The maximum Gasteiger partial charge on any atom is 0.319 e. The van der Waals surface area contributed by atoms with Crippen LogP contribution in [-0.2, 0) is 17.8 Å². The van der Waals surface area contributed by atoms with Crippen LogP contribution in [0, 0.1) is 0 Å². The third-order valence-electron chi connectivity index (χ3n) is 4.16. The maximum absolute atomic E-state index is 12.2. The third-order valence-corrected chi connectivity index (χ3v) is 4.16. The topological polar surface area (TPSA) is 66.7 Å². The van der Waals surface area contributed by atoms with Gasteiger partial charge in [-0.2, -0.15) is 0 Å². The van der Waals surface area contributed by atoms with Crippen LogP contribution in [0.2, 0.25) is 0 Å². The van der Waals surface area contributed by atoms with E-state index in [-0.39, 0.29) is 18.2 Å². The van der Waals surface area contributed by atoms with Crippen LogP contribution in [-0.4, -0.2) is 36.2 Å². The van der Waals surface area contributed by atoms with Crippen molar-refractivity contribution in [2.45, 2.75) is 39.1 Å². The molecule has 1 fully saturated rings. The minimum Gasteiger partial charge on any atom is -0.467 e. The zero-order valence-corrected chi connectivity index (χ0v) is 14.7. The Labute approximate surface area is 148 Å². The molecule has 1 aliphatic heterocycles. The first-order valence-corrected chi connectivity index (χ1v) is 8.63. The van der Waals surface area contributed by atoms with Crippen molar-refractivity contribution >= 4 is 11.7 Å². The van der Waals surface area contributed by atoms with Gasteiger partial charge >= 0.3 is 6.03 Å². The summed E-state index contributed by atoms with van der Waals surface area (Å²) in [5, 5.41) is 5.74. The predicted molar refractivity (Wildman–Crippen MR) is 96.3 cm³/mol. The SMILES string of the molecule is CC1CN(Cc2ccccc2NC(=O)NCc2ccco2)CC(C)O1. The number of nitrogens with zero attached hydrogens (tertiary/aromatic N) is 1. The molecule has 1 aromatic heterocycles. The van der Waals surface area contributed by atoms with E-state index in [1.807, 2.05) is 30.3 Å². The second-order valence-electron chi connectivity index (χ2n) is 6.50. The van der Waals surface area contributed by atoms with Gasteiger partial charge in [-0.25, -0.2) is 4.79 Å². The molecule has 0 saturated carbocycles. The highest BCUT2D eigenvalue weighted by atomic mass is 16.5. The van der Waals surface area contributed by atoms with Gasteiger partial charge in [0.1, 0.15) is 5.76 Å². The van der Waals surface area contributed by atoms with Gasteiger partial charge in [-0.05, 0) is 37.6 Å². The van der Waals surface area contributed by atoms with Crippen molar-refractivity contribution in [2.24, 2.45) is 0 Å². The molecule has 3 rings (SSSR count). The van der Waals surface area contributed by atoms with Crippen LogP contribution in [0.3, 0.4) is 0 Å². The van der Waals surface area contributed by atoms with Crippen molar-refractivity contribution in [1.82, 2.24) is 10.2 Å². The van der Waals surface area contributed by atoms with Crippen molar-refractivity contribution < 1.29 is 13.9 Å². The van der Waals surface area contributed by atoms with E-state index >= 15 is 0 Å². The van der Waals surface area contributed by atoms with E-state index in [9.17, 15) is 4.79 Å². The Bertz CT molecular complexity index is 677. The lowest BCUT2D eigenvalue weighted by Crippen LogP contribution is -2.44. The molecule has 0 spiro atoms. The zero-order chi connectivity index (χ0) is 17.6. The molecule has 1 aliphatic rings. The lowest BCUT2D eigenvalue weighted by molar-refractivity contribution is -0.0704. The van der Waals surface area contributed by atoms with Crippen LogP contribution in [0.1, 0.15) is 25.2 Å². The van der Waals surface area contributed by atoms with E-state index in [2.05, 4.69) is 29.4 Å². The van der Waals surface area contributed by atoms with Crippen LogP contribution < -0.4 is 10.6 Å². The fraction of sp³-hybridized carbons (Fsp3) is 0.421. The number of nitrogens with one attached hydrogen (secondary N) is 2. The molecule has 1 aromatic carbocycles. The van der Waals surface area contributed by atoms with Gasteiger partial charge in [0.15, 0.2) is 0 Å². The van der Waals surface area contributed by atoms with Crippen LogP contribution in [0.25, 0.3) is 0 Å². The summed E-state index contributed by atoms with van der Waals surface area (Å²) in [4.78, 5) is 14.5. The van der Waals surface area contributed by atoms with Crippen LogP contribution in [0.4, 0.5) is 10.5 Å². The van der Waals surface area contributed by atoms with Crippen LogP contribution >= 0.6 is 0 Å². The van der Waals surface area contributed by atoms with E-state index in [0.29, 0.717) is 6.54 Å². The Hall–Kier alpha value is -2.31. The first kappa shape index (κ1) is 17.5. The molecule has 2 amide bonds. The van der Waals surface area contributed by atoms with E-state index < -0.39 is 0 Å². The van der Waals surface area contributed by atoms with Gasteiger partial charge in [0.25, 0.3) is 0 Å². The molecule has 2 unspecified atom stereocenters. The van der Waals surface area contributed by atoms with Gasteiger partial charge in [-0.3, -0.25) is 4.90 Å². The summed E-state index contributed by atoms with van der Waals surface area (Å²) in [7, 11) is 0. The number of hydrogen-bond donors (Lipinski definition) is 2. The monoisotopic (exact) mass is 343 g/mol. The molecule has 6 heteroatoms. The summed E-state index contributed by atoms with van der Waals surface area (Å²) in [6.45, 7) is 7.11. The summed E-state index contributed by atoms with van der Waals surface area (Å²) < 4.78 is 11.0. The Morgan fingerprint density at radius 1 is 1.16 bits per heavy atom. The van der Waals surface area contributed by atoms with Gasteiger partial charge in [-0.15, -0.1) is 0 Å². The predicted octanol–water partition coefficient (Wildman–Crippen LogP) is 3.21. The number of para-hydroxylation sites is 1. The summed E-state index contributed by atoms with van der Waals surface area (Å²) in [6.07, 6.45) is 2.04. The number of carbonyl (C=O) groups is 1. The van der Waals surface area contributed by atoms with Crippen molar-refractivity contribution in [1.29, 1.82) is 0 Å². The molecule has 2 atom stereocenters. The molecule has 134 valence electrons. The number of furan rings is 1. The molecular formula is C19H25N3O3. The summed E-state index contributed by atoms with van der Waals surface area (Å²) in [6, 6.07) is 11.3. The molecular weight excluding hydrogens is 318 g/mol. The largest absolute Gasteiger partial charge is 0.467 e. The highest BCUT2D eigenvalue weighted by Crippen LogP contribution is 2.20. The lowest BCUT2D eigenvalue weighted by Gasteiger charge is -2.35. The minimum atomic E-state index is -0.243. The Balaban J connectivity index is 1.59. The molecule has 2 N–H and O–H groups in total. The molecule has 2 heterocycles. The zero-order valence-electron chi connectivity index (χ0n) is 14.7. The summed E-state index contributed by atoms with van der Waals surface area (Å²) in [5.74, 6) is 0.722. The molecule has 6 nitrogen and oxygen atoms in total. The number of morpholine rings is 1. The van der Waals surface area contributed by atoms with Gasteiger partial charge in [0, 0.05) is 25.3 Å². The maximum atomic E-state index is 12.2. The standard InChI is InChI=1S/C19H25N3O3/c1-14-11-22(12-15(2)25-14)13-16-6-3-4-8-18(16)21-19(23)20-10-17-7-5-9-24-17/h3-9,14-15H,10-13H2,1-2H3,(H2,20,21,23). The van der Waals surface area contributed by atoms with E-state index in [4.69, 9.17) is 9.15 Å². The number of amides is 2. The van der Waals surface area contributed by atoms with E-state index in [1.54, 1.807) is 12.3 Å². The number of anilines is 1. The first-order valence-electron chi connectivity index (χ1n) is 8.63. The van der Waals surface area contributed by atoms with Gasteiger partial charge < -0.3 is 19.8 Å². The molecule has 0 aliphatic carbocycles. The molecule has 2 aromatic rings. The van der Waals surface area contributed by atoms with E-state index in [1.165, 1.54) is 0 Å². The molecule has 25 heavy (non-hydrogen) atoms. The van der Waals surface area contributed by atoms with E-state index in [0.717, 1.165) is 36.6 Å². The summed E-state index contributed by atoms with van der Waals surface area (Å²) >= 11 is 0. The molecule has 0 bridgehead atoms. The average molecular weight is 343 g/mol. The highest BCUT2D eigenvalue weighted by Gasteiger charge is 2.22. The van der Waals surface area contributed by atoms with Crippen molar-refractivity contribution in [3.8, 4) is 0 Å². The van der Waals surface area contributed by atoms with Crippen molar-refractivity contribution in [2.75, 3.05) is 18.4 Å². The number of rotatable bonds is 5.